The van der Waals surface area contributed by atoms with Gasteiger partial charge in [0.2, 0.25) is 11.8 Å². The molecule has 5 aromatic rings. The number of amides is 4. The van der Waals surface area contributed by atoms with E-state index >= 15 is 0 Å². The summed E-state index contributed by atoms with van der Waals surface area (Å²) in [5.41, 5.74) is 1.77. The van der Waals surface area contributed by atoms with Crippen LogP contribution in [0.2, 0.25) is 5.02 Å². The normalized spacial score (nSPS) is 15.7. The van der Waals surface area contributed by atoms with E-state index in [1.165, 1.54) is 25.2 Å². The maximum absolute atomic E-state index is 13.5. The molecule has 0 radical (unpaired) electrons. The second-order valence-corrected chi connectivity index (χ2v) is 13.2. The van der Waals surface area contributed by atoms with Crippen LogP contribution in [0.15, 0.2) is 84.9 Å². The molecular formula is C39H30ClF3N4O7. The minimum atomic E-state index is -4.68. The molecule has 2 N–H and O–H groups in total. The zero-order chi connectivity index (χ0) is 38.3. The quantitative estimate of drug-likeness (QED) is 0.150. The lowest BCUT2D eigenvalue weighted by atomic mass is 9.97. The number of nitrogens with zero attached hydrogens (tertiary/aromatic N) is 3. The molecule has 1 fully saturated rings. The molecule has 1 unspecified atom stereocenters. The summed E-state index contributed by atoms with van der Waals surface area (Å²) >= 11 is 6.01. The highest BCUT2D eigenvalue weighted by Gasteiger charge is 2.44. The molecule has 2 aliphatic heterocycles. The zero-order valence-corrected chi connectivity index (χ0v) is 29.2. The maximum Gasteiger partial charge on any atom is 0.435 e. The Morgan fingerprint density at radius 2 is 1.56 bits per heavy atom. The number of aryl methyl sites for hydroxylation is 1. The third-order valence-electron chi connectivity index (χ3n) is 9.21. The lowest BCUT2D eigenvalue weighted by molar-refractivity contribution is -0.141. The number of aromatic nitrogens is 2. The van der Waals surface area contributed by atoms with Gasteiger partial charge in [-0.05, 0) is 71.6 Å². The predicted octanol–water partition coefficient (Wildman–Crippen LogP) is 6.73. The number of piperidine rings is 1. The van der Waals surface area contributed by atoms with Crippen molar-refractivity contribution in [3.63, 3.8) is 0 Å². The molecule has 4 amide bonds. The third-order valence-corrected chi connectivity index (χ3v) is 9.46. The molecule has 0 aliphatic carbocycles. The van der Waals surface area contributed by atoms with Gasteiger partial charge >= 0.3 is 6.18 Å². The number of aromatic hydroxyl groups is 1. The van der Waals surface area contributed by atoms with E-state index in [0.717, 1.165) is 26.8 Å². The number of halogens is 4. The van der Waals surface area contributed by atoms with E-state index in [0.29, 0.717) is 28.5 Å². The van der Waals surface area contributed by atoms with E-state index < -0.39 is 41.5 Å². The molecule has 11 nitrogen and oxygen atoms in total. The first-order valence-corrected chi connectivity index (χ1v) is 17.1. The summed E-state index contributed by atoms with van der Waals surface area (Å²) in [5, 5.41) is 17.9. The first kappa shape index (κ1) is 36.2. The number of benzene rings is 4. The molecule has 2 aliphatic rings. The average molecular weight is 759 g/mol. The van der Waals surface area contributed by atoms with E-state index in [4.69, 9.17) is 21.1 Å². The highest BCUT2D eigenvalue weighted by atomic mass is 35.5. The van der Waals surface area contributed by atoms with Crippen molar-refractivity contribution < 1.29 is 46.9 Å². The van der Waals surface area contributed by atoms with Crippen LogP contribution in [0, 0.1) is 0 Å². The molecule has 4 aromatic carbocycles. The average Bonchev–Trinajstić information content (AvgIpc) is 3.65. The molecule has 3 heterocycles. The first-order valence-electron chi connectivity index (χ1n) is 16.7. The van der Waals surface area contributed by atoms with Gasteiger partial charge in [0, 0.05) is 30.5 Å². The molecule has 276 valence electrons. The summed E-state index contributed by atoms with van der Waals surface area (Å²) in [5.74, 6) is -2.07. The molecule has 15 heteroatoms. The van der Waals surface area contributed by atoms with Crippen molar-refractivity contribution in [3.05, 3.63) is 118 Å². The van der Waals surface area contributed by atoms with Crippen LogP contribution in [0.25, 0.3) is 22.4 Å². The fraction of sp³-hybridized carbons (Fsp3) is 0.205. The van der Waals surface area contributed by atoms with Gasteiger partial charge in [0.1, 0.15) is 29.9 Å². The molecule has 0 saturated carbocycles. The van der Waals surface area contributed by atoms with Crippen LogP contribution in [0.4, 0.5) is 13.2 Å². The van der Waals surface area contributed by atoms with E-state index in [2.05, 4.69) is 10.4 Å². The summed E-state index contributed by atoms with van der Waals surface area (Å²) in [7, 11) is 1.36. The van der Waals surface area contributed by atoms with Crippen LogP contribution in [0.3, 0.4) is 0 Å². The van der Waals surface area contributed by atoms with Crippen molar-refractivity contribution in [1.29, 1.82) is 0 Å². The standard InChI is InChI=1S/C39H30ClF3N4O7/c1-46-30(19-32(45-46)39(41,42)43)27-12-14-31(54-20-22-4-8-24(40)9-5-22)34(35(27)49)23-6-2-21(3-7-23)16-17-53-25-10-11-26-28(18-25)38(52)47(37(26)51)29-13-15-33(48)44-36(29)50/h2-12,14,18-19,29,49H,13,15-17,20H2,1H3,(H,44,48,50). The van der Waals surface area contributed by atoms with Crippen LogP contribution in [0.5, 0.6) is 17.2 Å². The fourth-order valence-electron chi connectivity index (χ4n) is 6.44. The Balaban J connectivity index is 1.08. The van der Waals surface area contributed by atoms with Crippen molar-refractivity contribution in [2.24, 2.45) is 7.05 Å². The molecule has 1 saturated heterocycles. The Labute approximate surface area is 310 Å². The topological polar surface area (TPSA) is 140 Å². The van der Waals surface area contributed by atoms with Gasteiger partial charge in [0.15, 0.2) is 5.69 Å². The van der Waals surface area contributed by atoms with Crippen LogP contribution < -0.4 is 14.8 Å². The van der Waals surface area contributed by atoms with Gasteiger partial charge in [-0.1, -0.05) is 48.0 Å². The van der Waals surface area contributed by atoms with Gasteiger partial charge in [-0.3, -0.25) is 34.1 Å². The van der Waals surface area contributed by atoms with Crippen LogP contribution in [-0.2, 0) is 35.8 Å². The predicted molar refractivity (Wildman–Crippen MR) is 189 cm³/mol. The molecular weight excluding hydrogens is 729 g/mol. The van der Waals surface area contributed by atoms with E-state index in [9.17, 15) is 37.5 Å². The second kappa shape index (κ2) is 14.3. The van der Waals surface area contributed by atoms with Gasteiger partial charge in [-0.15, -0.1) is 0 Å². The van der Waals surface area contributed by atoms with E-state index in [1.807, 2.05) is 12.1 Å². The number of imide groups is 2. The first-order chi connectivity index (χ1) is 25.8. The highest BCUT2D eigenvalue weighted by Crippen LogP contribution is 2.45. The molecule has 0 bridgehead atoms. The summed E-state index contributed by atoms with van der Waals surface area (Å²) in [6.45, 7) is 0.315. The van der Waals surface area contributed by atoms with Gasteiger partial charge < -0.3 is 14.6 Å². The van der Waals surface area contributed by atoms with Crippen molar-refractivity contribution in [2.75, 3.05) is 6.61 Å². The Hall–Kier alpha value is -6.15. The number of alkyl halides is 3. The SMILES string of the molecule is Cn1nc(C(F)(F)F)cc1-c1ccc(OCc2ccc(Cl)cc2)c(-c2ccc(CCOc3ccc4c(c3)C(=O)N(C3CCC(=O)NC3=O)C4=O)cc2)c1O. The minimum absolute atomic E-state index is 0.0173. The Morgan fingerprint density at radius 3 is 2.24 bits per heavy atom. The Kier molecular flexibility index (Phi) is 9.62. The number of carbonyl (C=O) groups is 4. The maximum atomic E-state index is 13.5. The smallest absolute Gasteiger partial charge is 0.435 e. The zero-order valence-electron chi connectivity index (χ0n) is 28.4. The fourth-order valence-corrected chi connectivity index (χ4v) is 6.57. The second-order valence-electron chi connectivity index (χ2n) is 12.7. The van der Waals surface area contributed by atoms with E-state index in [-0.39, 0.29) is 59.8 Å². The number of nitrogens with one attached hydrogen (secondary N) is 1. The van der Waals surface area contributed by atoms with Gasteiger partial charge in [-0.25, -0.2) is 0 Å². The number of phenolic OH excluding ortho intramolecular Hbond substituents is 1. The van der Waals surface area contributed by atoms with Crippen LogP contribution >= 0.6 is 11.6 Å². The van der Waals surface area contributed by atoms with Crippen molar-refractivity contribution in [1.82, 2.24) is 20.0 Å². The molecule has 54 heavy (non-hydrogen) atoms. The number of hydrogen-bond donors (Lipinski definition) is 2. The Bertz CT molecular complexity index is 2310. The summed E-state index contributed by atoms with van der Waals surface area (Å²) in [4.78, 5) is 51.0. The summed E-state index contributed by atoms with van der Waals surface area (Å²) in [6.07, 6.45) is -4.18. The monoisotopic (exact) mass is 758 g/mol. The largest absolute Gasteiger partial charge is 0.506 e. The summed E-state index contributed by atoms with van der Waals surface area (Å²) < 4.78 is 53.5. The van der Waals surface area contributed by atoms with Gasteiger partial charge in [0.05, 0.1) is 29.0 Å². The Morgan fingerprint density at radius 1 is 0.870 bits per heavy atom. The van der Waals surface area contributed by atoms with Gasteiger partial charge in [-0.2, -0.15) is 18.3 Å². The van der Waals surface area contributed by atoms with Crippen LogP contribution in [-0.4, -0.2) is 56.1 Å². The lowest BCUT2D eigenvalue weighted by Gasteiger charge is -2.27. The minimum Gasteiger partial charge on any atom is -0.506 e. The third kappa shape index (κ3) is 7.12. The molecule has 1 aromatic heterocycles. The van der Waals surface area contributed by atoms with Crippen LogP contribution in [0.1, 0.15) is 50.4 Å². The lowest BCUT2D eigenvalue weighted by Crippen LogP contribution is -2.54. The summed E-state index contributed by atoms with van der Waals surface area (Å²) in [6, 6.07) is 21.5. The number of fused-ring (bicyclic) bond motifs is 1. The number of carbonyl (C=O) groups excluding carboxylic acids is 4. The number of ether oxygens (including phenoxy) is 2. The van der Waals surface area contributed by atoms with E-state index in [1.54, 1.807) is 48.5 Å². The molecule has 1 atom stereocenters. The number of hydrogen-bond acceptors (Lipinski definition) is 8. The van der Waals surface area contributed by atoms with Crippen molar-refractivity contribution in [2.45, 2.75) is 38.1 Å². The van der Waals surface area contributed by atoms with Crippen molar-refractivity contribution in [3.8, 4) is 39.6 Å². The van der Waals surface area contributed by atoms with Crippen molar-refractivity contribution >= 4 is 35.2 Å². The number of phenols is 1. The molecule has 7 rings (SSSR count). The number of rotatable bonds is 10. The molecule has 0 spiro atoms. The van der Waals surface area contributed by atoms with Gasteiger partial charge in [0.25, 0.3) is 11.8 Å². The highest BCUT2D eigenvalue weighted by molar-refractivity contribution is 6.30.